The molecule has 13 heavy (non-hydrogen) atoms. The van der Waals surface area contributed by atoms with Crippen LogP contribution in [0.4, 0.5) is 0 Å². The van der Waals surface area contributed by atoms with Crippen molar-refractivity contribution in [3.05, 3.63) is 23.6 Å². The summed E-state index contributed by atoms with van der Waals surface area (Å²) < 4.78 is 1.87. The third kappa shape index (κ3) is 1.90. The molecule has 2 aromatic heterocycles. The van der Waals surface area contributed by atoms with Crippen molar-refractivity contribution in [1.82, 2.24) is 14.4 Å². The second kappa shape index (κ2) is 4.17. The van der Waals surface area contributed by atoms with Gasteiger partial charge in [0.25, 0.3) is 0 Å². The van der Waals surface area contributed by atoms with E-state index in [4.69, 9.17) is 11.6 Å². The number of fused-ring (bicyclic) bond motifs is 1. The topological polar surface area (TPSA) is 30.2 Å². The average Bonchev–Trinajstić information content (AvgIpc) is 2.44. The molecule has 0 radical (unpaired) electrons. The van der Waals surface area contributed by atoms with Crippen molar-refractivity contribution >= 4 is 41.4 Å². The van der Waals surface area contributed by atoms with E-state index in [1.54, 1.807) is 24.2 Å². The van der Waals surface area contributed by atoms with Gasteiger partial charge in [-0.3, -0.25) is 4.40 Å². The van der Waals surface area contributed by atoms with Gasteiger partial charge in [-0.2, -0.15) is 0 Å². The highest BCUT2D eigenvalue weighted by Gasteiger charge is 2.02. The van der Waals surface area contributed by atoms with Crippen molar-refractivity contribution < 1.29 is 0 Å². The van der Waals surface area contributed by atoms with Gasteiger partial charge in [0.2, 0.25) is 0 Å². The Morgan fingerprint density at radius 2 is 2.31 bits per heavy atom. The smallest absolute Gasteiger partial charge is 0.173 e. The van der Waals surface area contributed by atoms with Crippen LogP contribution in [0.5, 0.6) is 0 Å². The lowest BCUT2D eigenvalue weighted by Crippen LogP contribution is -1.90. The van der Waals surface area contributed by atoms with Crippen LogP contribution in [0.2, 0.25) is 5.15 Å². The molecular formula is C7H7Cl2N3S. The fourth-order valence-electron chi connectivity index (χ4n) is 1.02. The lowest BCUT2D eigenvalue weighted by molar-refractivity contribution is 0.905. The lowest BCUT2D eigenvalue weighted by Gasteiger charge is -1.97. The average molecular weight is 236 g/mol. The van der Waals surface area contributed by atoms with Gasteiger partial charge < -0.3 is 0 Å². The monoisotopic (exact) mass is 235 g/mol. The predicted molar refractivity (Wildman–Crippen MR) is 57.0 cm³/mol. The van der Waals surface area contributed by atoms with Crippen LogP contribution in [0.1, 0.15) is 0 Å². The Bertz CT molecular complexity index is 415. The van der Waals surface area contributed by atoms with Gasteiger partial charge in [0, 0.05) is 6.20 Å². The minimum absolute atomic E-state index is 0. The predicted octanol–water partition coefficient (Wildman–Crippen LogP) is 2.53. The summed E-state index contributed by atoms with van der Waals surface area (Å²) in [4.78, 5) is 8.26. The molecule has 0 atom stereocenters. The minimum atomic E-state index is 0. The second-order valence-corrected chi connectivity index (χ2v) is 3.38. The molecule has 3 nitrogen and oxygen atoms in total. The van der Waals surface area contributed by atoms with Crippen LogP contribution in [-0.4, -0.2) is 20.6 Å². The van der Waals surface area contributed by atoms with Gasteiger partial charge in [-0.15, -0.1) is 12.4 Å². The number of aromatic nitrogens is 3. The molecule has 0 N–H and O–H groups in total. The van der Waals surface area contributed by atoms with E-state index in [-0.39, 0.29) is 12.4 Å². The van der Waals surface area contributed by atoms with Crippen LogP contribution >= 0.6 is 35.8 Å². The van der Waals surface area contributed by atoms with Gasteiger partial charge in [-0.05, 0) is 12.3 Å². The standard InChI is InChI=1S/C7H6ClN3S.ClH/c1-12-7-9-3-2-6-10-5(8)4-11(6)7;/h2-4H,1H3;1H. The van der Waals surface area contributed by atoms with Crippen LogP contribution in [0.3, 0.4) is 0 Å². The van der Waals surface area contributed by atoms with E-state index in [9.17, 15) is 0 Å². The number of imidazole rings is 1. The van der Waals surface area contributed by atoms with E-state index in [2.05, 4.69) is 9.97 Å². The summed E-state index contributed by atoms with van der Waals surface area (Å²) >= 11 is 7.31. The highest BCUT2D eigenvalue weighted by atomic mass is 35.5. The van der Waals surface area contributed by atoms with E-state index >= 15 is 0 Å². The highest BCUT2D eigenvalue weighted by Crippen LogP contribution is 2.16. The molecule has 0 aromatic carbocycles. The van der Waals surface area contributed by atoms with Crippen molar-refractivity contribution in [3.8, 4) is 0 Å². The normalized spacial score (nSPS) is 10.0. The summed E-state index contributed by atoms with van der Waals surface area (Å²) in [6.45, 7) is 0. The molecule has 70 valence electrons. The first-order valence-corrected chi connectivity index (χ1v) is 4.95. The van der Waals surface area contributed by atoms with Crippen LogP contribution in [-0.2, 0) is 0 Å². The zero-order valence-corrected chi connectivity index (χ0v) is 9.16. The molecule has 0 bridgehead atoms. The van der Waals surface area contributed by atoms with Crippen LogP contribution in [0.15, 0.2) is 23.6 Å². The molecule has 0 amide bonds. The Balaban J connectivity index is 0.000000845. The van der Waals surface area contributed by atoms with E-state index in [0.717, 1.165) is 10.8 Å². The zero-order chi connectivity index (χ0) is 8.55. The van der Waals surface area contributed by atoms with E-state index in [0.29, 0.717) is 5.15 Å². The molecule has 0 aliphatic heterocycles. The van der Waals surface area contributed by atoms with Crippen molar-refractivity contribution in [1.29, 1.82) is 0 Å². The van der Waals surface area contributed by atoms with E-state index in [1.807, 2.05) is 16.7 Å². The molecule has 0 saturated heterocycles. The first kappa shape index (κ1) is 10.6. The van der Waals surface area contributed by atoms with Gasteiger partial charge >= 0.3 is 0 Å². The molecule has 0 spiro atoms. The number of halogens is 2. The van der Waals surface area contributed by atoms with Crippen molar-refractivity contribution in [3.63, 3.8) is 0 Å². The van der Waals surface area contributed by atoms with Gasteiger partial charge in [-0.25, -0.2) is 9.97 Å². The number of hydrogen-bond donors (Lipinski definition) is 0. The Hall–Kier alpha value is -0.450. The zero-order valence-electron chi connectivity index (χ0n) is 6.77. The first-order chi connectivity index (χ1) is 5.81. The number of nitrogens with zero attached hydrogens (tertiary/aromatic N) is 3. The van der Waals surface area contributed by atoms with Crippen LogP contribution < -0.4 is 0 Å². The molecule has 2 aromatic rings. The quantitative estimate of drug-likeness (QED) is 0.563. The maximum atomic E-state index is 5.74. The molecule has 0 aliphatic carbocycles. The molecule has 2 rings (SSSR count). The summed E-state index contributed by atoms with van der Waals surface area (Å²) in [5, 5.41) is 1.39. The molecule has 2 heterocycles. The summed E-state index contributed by atoms with van der Waals surface area (Å²) in [6, 6.07) is 1.82. The second-order valence-electron chi connectivity index (χ2n) is 2.22. The maximum Gasteiger partial charge on any atom is 0.173 e. The first-order valence-electron chi connectivity index (χ1n) is 3.35. The van der Waals surface area contributed by atoms with Crippen molar-refractivity contribution in [2.75, 3.05) is 6.26 Å². The van der Waals surface area contributed by atoms with Gasteiger partial charge in [0.1, 0.15) is 10.8 Å². The van der Waals surface area contributed by atoms with Crippen molar-refractivity contribution in [2.24, 2.45) is 0 Å². The fraction of sp³-hybridized carbons (Fsp3) is 0.143. The fourth-order valence-corrected chi connectivity index (χ4v) is 1.71. The van der Waals surface area contributed by atoms with Crippen molar-refractivity contribution in [2.45, 2.75) is 5.16 Å². The maximum absolute atomic E-state index is 5.74. The number of thioether (sulfide) groups is 1. The third-order valence-corrected chi connectivity index (χ3v) is 2.35. The highest BCUT2D eigenvalue weighted by molar-refractivity contribution is 7.98. The Morgan fingerprint density at radius 3 is 3.00 bits per heavy atom. The lowest BCUT2D eigenvalue weighted by atomic mass is 10.6. The summed E-state index contributed by atoms with van der Waals surface area (Å²) in [7, 11) is 0. The molecule has 0 unspecified atom stereocenters. The third-order valence-electron chi connectivity index (χ3n) is 1.50. The minimum Gasteiger partial charge on any atom is -0.277 e. The Kier molecular flexibility index (Phi) is 3.41. The Morgan fingerprint density at radius 1 is 1.54 bits per heavy atom. The van der Waals surface area contributed by atoms with Gasteiger partial charge in [-0.1, -0.05) is 23.4 Å². The molecular weight excluding hydrogens is 229 g/mol. The van der Waals surface area contributed by atoms with Crippen LogP contribution in [0.25, 0.3) is 5.65 Å². The van der Waals surface area contributed by atoms with E-state index < -0.39 is 0 Å². The number of rotatable bonds is 1. The summed E-state index contributed by atoms with van der Waals surface area (Å²) in [6.07, 6.45) is 5.45. The largest absolute Gasteiger partial charge is 0.277 e. The van der Waals surface area contributed by atoms with Gasteiger partial charge in [0.05, 0.1) is 6.20 Å². The molecule has 6 heteroatoms. The summed E-state index contributed by atoms with van der Waals surface area (Å²) in [5.41, 5.74) is 0.833. The summed E-state index contributed by atoms with van der Waals surface area (Å²) in [5.74, 6) is 0. The molecule has 0 aliphatic rings. The SMILES string of the molecule is CSc1nccc2nc(Cl)cn12.Cl. The van der Waals surface area contributed by atoms with Gasteiger partial charge in [0.15, 0.2) is 5.16 Å². The Labute approximate surface area is 90.9 Å². The molecule has 0 saturated carbocycles. The van der Waals surface area contributed by atoms with Crippen LogP contribution in [0, 0.1) is 0 Å². The number of hydrogen-bond acceptors (Lipinski definition) is 3. The molecule has 0 fully saturated rings. The van der Waals surface area contributed by atoms with E-state index in [1.165, 1.54) is 0 Å².